The second-order valence-corrected chi connectivity index (χ2v) is 3.48. The molecule has 2 rings (SSSR count). The van der Waals surface area contributed by atoms with Crippen molar-refractivity contribution >= 4 is 5.69 Å². The molecule has 0 saturated heterocycles. The summed E-state index contributed by atoms with van der Waals surface area (Å²) >= 11 is 0. The van der Waals surface area contributed by atoms with Crippen LogP contribution in [-0.4, -0.2) is 6.61 Å². The van der Waals surface area contributed by atoms with Crippen LogP contribution in [0.15, 0.2) is 12.1 Å². The number of nitrogens with two attached hydrogens (primary N) is 1. The monoisotopic (exact) mass is 177 g/mol. The lowest BCUT2D eigenvalue weighted by molar-refractivity contribution is 0.290. The van der Waals surface area contributed by atoms with E-state index in [9.17, 15) is 0 Å². The zero-order chi connectivity index (χ0) is 9.26. The first-order valence-electron chi connectivity index (χ1n) is 4.85. The Morgan fingerprint density at radius 3 is 3.08 bits per heavy atom. The van der Waals surface area contributed by atoms with E-state index in [1.807, 2.05) is 6.07 Å². The van der Waals surface area contributed by atoms with E-state index in [0.29, 0.717) is 0 Å². The van der Waals surface area contributed by atoms with Gasteiger partial charge in [-0.1, -0.05) is 13.0 Å². The predicted octanol–water partition coefficient (Wildman–Crippen LogP) is 2.16. The van der Waals surface area contributed by atoms with E-state index in [4.69, 9.17) is 10.5 Å². The first-order chi connectivity index (χ1) is 6.31. The van der Waals surface area contributed by atoms with Gasteiger partial charge in [-0.25, -0.2) is 0 Å². The van der Waals surface area contributed by atoms with Crippen LogP contribution in [0.3, 0.4) is 0 Å². The molecule has 0 aromatic heterocycles. The van der Waals surface area contributed by atoms with Crippen LogP contribution >= 0.6 is 0 Å². The van der Waals surface area contributed by atoms with Gasteiger partial charge in [-0.2, -0.15) is 0 Å². The lowest BCUT2D eigenvalue weighted by Gasteiger charge is -2.19. The summed E-state index contributed by atoms with van der Waals surface area (Å²) in [7, 11) is 0. The summed E-state index contributed by atoms with van der Waals surface area (Å²) in [5, 5.41) is 0. The third kappa shape index (κ3) is 1.48. The summed E-state index contributed by atoms with van der Waals surface area (Å²) in [6, 6.07) is 4.23. The quantitative estimate of drug-likeness (QED) is 0.667. The fourth-order valence-corrected chi connectivity index (χ4v) is 1.78. The second kappa shape index (κ2) is 3.29. The molecule has 1 aromatic carbocycles. The molecule has 1 heterocycles. The maximum Gasteiger partial charge on any atom is 0.145 e. The van der Waals surface area contributed by atoms with E-state index >= 15 is 0 Å². The number of hydrogen-bond donors (Lipinski definition) is 1. The number of aryl methyl sites for hydroxylation is 2. The van der Waals surface area contributed by atoms with Crippen LogP contribution in [0.5, 0.6) is 5.75 Å². The number of ether oxygens (including phenoxy) is 1. The Morgan fingerprint density at radius 1 is 1.46 bits per heavy atom. The average molecular weight is 177 g/mol. The minimum absolute atomic E-state index is 0.800. The molecule has 1 aromatic rings. The number of nitrogen functional groups attached to an aromatic ring is 1. The molecule has 2 N–H and O–H groups in total. The van der Waals surface area contributed by atoms with Crippen molar-refractivity contribution in [2.75, 3.05) is 12.3 Å². The highest BCUT2D eigenvalue weighted by Gasteiger charge is 2.13. The van der Waals surface area contributed by atoms with Gasteiger partial charge in [0.1, 0.15) is 5.75 Å². The van der Waals surface area contributed by atoms with Crippen molar-refractivity contribution in [2.24, 2.45) is 0 Å². The van der Waals surface area contributed by atoms with Gasteiger partial charge in [-0.05, 0) is 36.5 Å². The van der Waals surface area contributed by atoms with Crippen LogP contribution in [0.25, 0.3) is 0 Å². The highest BCUT2D eigenvalue weighted by molar-refractivity contribution is 5.59. The Balaban J connectivity index is 2.47. The molecule has 0 saturated carbocycles. The van der Waals surface area contributed by atoms with Gasteiger partial charge in [0, 0.05) is 0 Å². The predicted molar refractivity (Wildman–Crippen MR) is 54.0 cm³/mol. The highest BCUT2D eigenvalue weighted by atomic mass is 16.5. The standard InChI is InChI=1S/C11H15NO/c1-2-8-6-9-4-3-5-13-11(9)10(12)7-8/h6-7H,2-5,12H2,1H3. The maximum absolute atomic E-state index is 5.89. The first kappa shape index (κ1) is 8.42. The minimum Gasteiger partial charge on any atom is -0.491 e. The maximum atomic E-state index is 5.89. The van der Waals surface area contributed by atoms with Gasteiger partial charge in [0.25, 0.3) is 0 Å². The molecule has 0 radical (unpaired) electrons. The van der Waals surface area contributed by atoms with Crippen molar-refractivity contribution in [1.29, 1.82) is 0 Å². The summed E-state index contributed by atoms with van der Waals surface area (Å²) in [6.45, 7) is 2.95. The van der Waals surface area contributed by atoms with Crippen LogP contribution in [0.2, 0.25) is 0 Å². The van der Waals surface area contributed by atoms with Crippen molar-refractivity contribution in [3.8, 4) is 5.75 Å². The number of anilines is 1. The highest BCUT2D eigenvalue weighted by Crippen LogP contribution is 2.32. The smallest absolute Gasteiger partial charge is 0.145 e. The summed E-state index contributed by atoms with van der Waals surface area (Å²) < 4.78 is 5.53. The Kier molecular flexibility index (Phi) is 2.13. The van der Waals surface area contributed by atoms with Crippen LogP contribution < -0.4 is 10.5 Å². The summed E-state index contributed by atoms with van der Waals surface area (Å²) in [6.07, 6.45) is 3.25. The van der Waals surface area contributed by atoms with Crippen molar-refractivity contribution in [3.05, 3.63) is 23.3 Å². The summed E-state index contributed by atoms with van der Waals surface area (Å²) in [5.41, 5.74) is 9.28. The Bertz CT molecular complexity index is 320. The molecule has 0 spiro atoms. The Morgan fingerprint density at radius 2 is 2.31 bits per heavy atom. The second-order valence-electron chi connectivity index (χ2n) is 3.48. The molecule has 0 fully saturated rings. The molecule has 0 amide bonds. The molecular weight excluding hydrogens is 162 g/mol. The van der Waals surface area contributed by atoms with Crippen molar-refractivity contribution < 1.29 is 4.74 Å². The van der Waals surface area contributed by atoms with Gasteiger partial charge in [-0.3, -0.25) is 0 Å². The van der Waals surface area contributed by atoms with Crippen molar-refractivity contribution in [2.45, 2.75) is 26.2 Å². The summed E-state index contributed by atoms with van der Waals surface area (Å²) in [5.74, 6) is 0.920. The van der Waals surface area contributed by atoms with E-state index in [1.54, 1.807) is 0 Å². The molecule has 70 valence electrons. The molecule has 2 heteroatoms. The average Bonchev–Trinajstić information content (AvgIpc) is 2.18. The van der Waals surface area contributed by atoms with Crippen LogP contribution in [0, 0.1) is 0 Å². The van der Waals surface area contributed by atoms with Gasteiger partial charge in [0.05, 0.1) is 12.3 Å². The van der Waals surface area contributed by atoms with Crippen LogP contribution in [0.1, 0.15) is 24.5 Å². The lowest BCUT2D eigenvalue weighted by Crippen LogP contribution is -2.10. The number of benzene rings is 1. The van der Waals surface area contributed by atoms with E-state index in [-0.39, 0.29) is 0 Å². The first-order valence-corrected chi connectivity index (χ1v) is 4.85. The van der Waals surface area contributed by atoms with Gasteiger partial charge < -0.3 is 10.5 Å². The number of rotatable bonds is 1. The zero-order valence-corrected chi connectivity index (χ0v) is 7.97. The largest absolute Gasteiger partial charge is 0.491 e. The third-order valence-corrected chi connectivity index (χ3v) is 2.50. The van der Waals surface area contributed by atoms with E-state index in [2.05, 4.69) is 13.0 Å². The normalized spacial score (nSPS) is 14.8. The van der Waals surface area contributed by atoms with Crippen LogP contribution in [0.4, 0.5) is 5.69 Å². The van der Waals surface area contributed by atoms with E-state index < -0.39 is 0 Å². The molecular formula is C11H15NO. The topological polar surface area (TPSA) is 35.2 Å². The minimum atomic E-state index is 0.800. The number of fused-ring (bicyclic) bond motifs is 1. The molecule has 1 aliphatic heterocycles. The lowest BCUT2D eigenvalue weighted by atomic mass is 10.0. The molecule has 0 bridgehead atoms. The SMILES string of the molecule is CCc1cc(N)c2c(c1)CCCO2. The molecule has 0 atom stereocenters. The Labute approximate surface area is 78.7 Å². The van der Waals surface area contributed by atoms with Crippen LogP contribution in [-0.2, 0) is 12.8 Å². The van der Waals surface area contributed by atoms with Crippen molar-refractivity contribution in [1.82, 2.24) is 0 Å². The van der Waals surface area contributed by atoms with E-state index in [1.165, 1.54) is 11.1 Å². The van der Waals surface area contributed by atoms with Crippen molar-refractivity contribution in [3.63, 3.8) is 0 Å². The fourth-order valence-electron chi connectivity index (χ4n) is 1.78. The van der Waals surface area contributed by atoms with E-state index in [0.717, 1.165) is 37.3 Å². The zero-order valence-electron chi connectivity index (χ0n) is 7.97. The molecule has 2 nitrogen and oxygen atoms in total. The number of hydrogen-bond acceptors (Lipinski definition) is 2. The Hall–Kier alpha value is -1.18. The molecule has 13 heavy (non-hydrogen) atoms. The molecule has 0 unspecified atom stereocenters. The van der Waals surface area contributed by atoms with Gasteiger partial charge in [-0.15, -0.1) is 0 Å². The molecule has 0 aliphatic carbocycles. The molecule has 1 aliphatic rings. The summed E-state index contributed by atoms with van der Waals surface area (Å²) in [4.78, 5) is 0. The fraction of sp³-hybridized carbons (Fsp3) is 0.455. The van der Waals surface area contributed by atoms with Gasteiger partial charge in [0.15, 0.2) is 0 Å². The van der Waals surface area contributed by atoms with Gasteiger partial charge >= 0.3 is 0 Å². The third-order valence-electron chi connectivity index (χ3n) is 2.50. The van der Waals surface area contributed by atoms with Gasteiger partial charge in [0.2, 0.25) is 0 Å².